The zero-order valence-electron chi connectivity index (χ0n) is 15.2. The molecule has 0 saturated carbocycles. The first-order valence-corrected chi connectivity index (χ1v) is 8.83. The van der Waals surface area contributed by atoms with Crippen LogP contribution in [0.3, 0.4) is 0 Å². The number of halogens is 1. The third-order valence-corrected chi connectivity index (χ3v) is 4.12. The van der Waals surface area contributed by atoms with E-state index in [1.165, 1.54) is 12.1 Å². The lowest BCUT2D eigenvalue weighted by Crippen LogP contribution is -2.32. The molecular weight excluding hydrogens is 343 g/mol. The van der Waals surface area contributed by atoms with Gasteiger partial charge in [-0.2, -0.15) is 0 Å². The van der Waals surface area contributed by atoms with Gasteiger partial charge in [0.1, 0.15) is 17.3 Å². The maximum atomic E-state index is 14.0. The van der Waals surface area contributed by atoms with Gasteiger partial charge in [-0.25, -0.2) is 14.4 Å². The second kappa shape index (κ2) is 8.40. The number of nitrogens with zero attached hydrogens (tertiary/aromatic N) is 2. The highest BCUT2D eigenvalue weighted by Crippen LogP contribution is 2.22. The summed E-state index contributed by atoms with van der Waals surface area (Å²) in [6.45, 7) is 3.92. The number of hydrogen-bond donors (Lipinski definition) is 2. The minimum absolute atomic E-state index is 0.0237. The average molecular weight is 364 g/mol. The van der Waals surface area contributed by atoms with E-state index in [-0.39, 0.29) is 23.3 Å². The average Bonchev–Trinajstić information content (AvgIpc) is 2.70. The van der Waals surface area contributed by atoms with Gasteiger partial charge in [0.15, 0.2) is 5.82 Å². The maximum absolute atomic E-state index is 14.0. The minimum atomic E-state index is -0.400. The molecule has 1 amide bonds. The van der Waals surface area contributed by atoms with E-state index in [9.17, 15) is 9.18 Å². The molecule has 1 heterocycles. The van der Waals surface area contributed by atoms with Crippen LogP contribution in [0.5, 0.6) is 0 Å². The van der Waals surface area contributed by atoms with Crippen LogP contribution in [0.15, 0.2) is 60.7 Å². The van der Waals surface area contributed by atoms with Crippen LogP contribution in [0, 0.1) is 5.82 Å². The highest BCUT2D eigenvalue weighted by Gasteiger charge is 2.15. The number of para-hydroxylation sites is 1. The van der Waals surface area contributed by atoms with Gasteiger partial charge in [-0.05, 0) is 25.5 Å². The molecular formula is C21H21FN4O. The molecule has 0 spiro atoms. The fraction of sp³-hybridized carbons (Fsp3) is 0.190. The Balaban J connectivity index is 2.00. The fourth-order valence-corrected chi connectivity index (χ4v) is 2.44. The van der Waals surface area contributed by atoms with Gasteiger partial charge in [0, 0.05) is 17.7 Å². The fourth-order valence-electron chi connectivity index (χ4n) is 2.44. The zero-order valence-corrected chi connectivity index (χ0v) is 15.2. The molecule has 2 N–H and O–H groups in total. The summed E-state index contributed by atoms with van der Waals surface area (Å²) < 4.78 is 14.0. The smallest absolute Gasteiger partial charge is 0.270 e. The number of carbonyl (C=O) groups excluding carboxylic acids is 1. The Labute approximate surface area is 157 Å². The molecule has 0 radical (unpaired) electrons. The van der Waals surface area contributed by atoms with E-state index in [1.807, 2.05) is 44.2 Å². The number of anilines is 2. The van der Waals surface area contributed by atoms with Crippen LogP contribution < -0.4 is 10.6 Å². The molecule has 1 unspecified atom stereocenters. The molecule has 0 fully saturated rings. The van der Waals surface area contributed by atoms with E-state index in [1.54, 1.807) is 18.2 Å². The minimum Gasteiger partial charge on any atom is -0.348 e. The van der Waals surface area contributed by atoms with Crippen molar-refractivity contribution < 1.29 is 9.18 Å². The Morgan fingerprint density at radius 2 is 1.78 bits per heavy atom. The zero-order chi connectivity index (χ0) is 19.2. The molecule has 0 bridgehead atoms. The second-order valence-corrected chi connectivity index (χ2v) is 6.22. The van der Waals surface area contributed by atoms with Crippen molar-refractivity contribution in [2.24, 2.45) is 0 Å². The van der Waals surface area contributed by atoms with Crippen LogP contribution in [0.25, 0.3) is 11.4 Å². The summed E-state index contributed by atoms with van der Waals surface area (Å²) in [4.78, 5) is 21.4. The molecule has 5 nitrogen and oxygen atoms in total. The predicted molar refractivity (Wildman–Crippen MR) is 104 cm³/mol. The van der Waals surface area contributed by atoms with Gasteiger partial charge in [0.25, 0.3) is 5.91 Å². The molecule has 1 aromatic heterocycles. The first kappa shape index (κ1) is 18.5. The summed E-state index contributed by atoms with van der Waals surface area (Å²) in [6, 6.07) is 17.2. The first-order chi connectivity index (χ1) is 13.1. The quantitative estimate of drug-likeness (QED) is 0.673. The van der Waals surface area contributed by atoms with Crippen molar-refractivity contribution in [3.63, 3.8) is 0 Å². The number of nitrogens with one attached hydrogen (secondary N) is 2. The lowest BCUT2D eigenvalue weighted by Gasteiger charge is -2.13. The van der Waals surface area contributed by atoms with Crippen molar-refractivity contribution in [2.75, 3.05) is 5.32 Å². The second-order valence-electron chi connectivity index (χ2n) is 6.22. The standard InChI is InChI=1S/C21H21FN4O/c1-3-14(2)23-21(27)18-13-19(24-17-12-8-7-11-16(17)22)26-20(25-18)15-9-5-4-6-10-15/h4-14H,3H2,1-2H3,(H,23,27)(H,24,25,26). The summed E-state index contributed by atoms with van der Waals surface area (Å²) in [5, 5.41) is 5.83. The molecule has 0 aliphatic heterocycles. The maximum Gasteiger partial charge on any atom is 0.270 e. The van der Waals surface area contributed by atoms with Gasteiger partial charge < -0.3 is 10.6 Å². The number of amides is 1. The first-order valence-electron chi connectivity index (χ1n) is 8.83. The Morgan fingerprint density at radius 3 is 2.48 bits per heavy atom. The highest BCUT2D eigenvalue weighted by molar-refractivity contribution is 5.93. The molecule has 3 rings (SSSR count). The Bertz CT molecular complexity index is 930. The Morgan fingerprint density at radius 1 is 1.07 bits per heavy atom. The van der Waals surface area contributed by atoms with E-state index in [0.29, 0.717) is 11.6 Å². The van der Waals surface area contributed by atoms with Crippen LogP contribution in [0.1, 0.15) is 30.8 Å². The molecule has 2 aromatic carbocycles. The van der Waals surface area contributed by atoms with E-state index < -0.39 is 5.82 Å². The Kier molecular flexibility index (Phi) is 5.76. The Hall–Kier alpha value is -3.28. The summed E-state index contributed by atoms with van der Waals surface area (Å²) in [6.07, 6.45) is 0.808. The lowest BCUT2D eigenvalue weighted by molar-refractivity contribution is 0.0934. The molecule has 0 aliphatic carbocycles. The summed E-state index contributed by atoms with van der Waals surface area (Å²) >= 11 is 0. The van der Waals surface area contributed by atoms with Crippen molar-refractivity contribution in [1.82, 2.24) is 15.3 Å². The lowest BCUT2D eigenvalue weighted by atomic mass is 10.2. The molecule has 0 saturated heterocycles. The number of hydrogen-bond acceptors (Lipinski definition) is 4. The van der Waals surface area contributed by atoms with Gasteiger partial charge in [-0.15, -0.1) is 0 Å². The van der Waals surface area contributed by atoms with E-state index >= 15 is 0 Å². The van der Waals surface area contributed by atoms with Crippen molar-refractivity contribution in [1.29, 1.82) is 0 Å². The van der Waals surface area contributed by atoms with Crippen molar-refractivity contribution in [3.05, 3.63) is 72.2 Å². The number of aromatic nitrogens is 2. The molecule has 6 heteroatoms. The van der Waals surface area contributed by atoms with Gasteiger partial charge in [-0.1, -0.05) is 49.4 Å². The normalized spacial score (nSPS) is 11.7. The van der Waals surface area contributed by atoms with Gasteiger partial charge in [-0.3, -0.25) is 4.79 Å². The molecule has 138 valence electrons. The summed E-state index contributed by atoms with van der Waals surface area (Å²) in [5.74, 6) is 0.0537. The van der Waals surface area contributed by atoms with Crippen LogP contribution >= 0.6 is 0 Å². The van der Waals surface area contributed by atoms with Crippen molar-refractivity contribution in [2.45, 2.75) is 26.3 Å². The van der Waals surface area contributed by atoms with Gasteiger partial charge in [0.2, 0.25) is 0 Å². The number of carbonyl (C=O) groups is 1. The number of benzene rings is 2. The molecule has 1 atom stereocenters. The van der Waals surface area contributed by atoms with E-state index in [4.69, 9.17) is 0 Å². The van der Waals surface area contributed by atoms with Gasteiger partial charge >= 0.3 is 0 Å². The summed E-state index contributed by atoms with van der Waals surface area (Å²) in [5.41, 5.74) is 1.28. The molecule has 3 aromatic rings. The van der Waals surface area contributed by atoms with Crippen LogP contribution in [0.4, 0.5) is 15.9 Å². The van der Waals surface area contributed by atoms with Crippen LogP contribution in [-0.4, -0.2) is 21.9 Å². The summed E-state index contributed by atoms with van der Waals surface area (Å²) in [7, 11) is 0. The third-order valence-electron chi connectivity index (χ3n) is 4.12. The number of rotatable bonds is 6. The topological polar surface area (TPSA) is 66.9 Å². The SMILES string of the molecule is CCC(C)NC(=O)c1cc(Nc2ccccc2F)nc(-c2ccccc2)n1. The van der Waals surface area contributed by atoms with Crippen molar-refractivity contribution in [3.8, 4) is 11.4 Å². The third kappa shape index (κ3) is 4.67. The largest absolute Gasteiger partial charge is 0.348 e. The predicted octanol–water partition coefficient (Wildman–Crippen LogP) is 4.55. The van der Waals surface area contributed by atoms with E-state index in [2.05, 4.69) is 20.6 Å². The molecule has 27 heavy (non-hydrogen) atoms. The molecule has 0 aliphatic rings. The van der Waals surface area contributed by atoms with Crippen molar-refractivity contribution >= 4 is 17.4 Å². The monoisotopic (exact) mass is 364 g/mol. The van der Waals surface area contributed by atoms with Gasteiger partial charge in [0.05, 0.1) is 5.69 Å². The van der Waals surface area contributed by atoms with Crippen LogP contribution in [-0.2, 0) is 0 Å². The highest BCUT2D eigenvalue weighted by atomic mass is 19.1. The van der Waals surface area contributed by atoms with E-state index in [0.717, 1.165) is 12.0 Å². The van der Waals surface area contributed by atoms with Crippen LogP contribution in [0.2, 0.25) is 0 Å².